The number of rotatable bonds is 4. The van der Waals surface area contributed by atoms with E-state index in [4.69, 9.17) is 0 Å². The van der Waals surface area contributed by atoms with E-state index in [2.05, 4.69) is 40.4 Å². The molecular formula is C14H22N4O. The molecule has 1 fully saturated rings. The minimum atomic E-state index is -0.165. The molecule has 104 valence electrons. The first-order valence-electron chi connectivity index (χ1n) is 6.81. The molecule has 19 heavy (non-hydrogen) atoms. The predicted molar refractivity (Wildman–Crippen MR) is 76.0 cm³/mol. The van der Waals surface area contributed by atoms with Gasteiger partial charge in [-0.3, -0.25) is 4.79 Å². The summed E-state index contributed by atoms with van der Waals surface area (Å²) >= 11 is 0. The van der Waals surface area contributed by atoms with Gasteiger partial charge in [0.05, 0.1) is 0 Å². The molecule has 2 rings (SSSR count). The Hall–Kier alpha value is -1.62. The zero-order valence-corrected chi connectivity index (χ0v) is 11.8. The first kappa shape index (κ1) is 13.8. The van der Waals surface area contributed by atoms with Gasteiger partial charge in [0.2, 0.25) is 5.91 Å². The van der Waals surface area contributed by atoms with Crippen molar-refractivity contribution in [1.29, 1.82) is 0 Å². The molecule has 1 atom stereocenters. The van der Waals surface area contributed by atoms with E-state index in [0.29, 0.717) is 12.6 Å². The zero-order valence-electron chi connectivity index (χ0n) is 11.8. The maximum absolute atomic E-state index is 11.8. The Bertz CT molecular complexity index is 447. The average molecular weight is 262 g/mol. The molecule has 2 heterocycles. The first-order valence-corrected chi connectivity index (χ1v) is 6.81. The summed E-state index contributed by atoms with van der Waals surface area (Å²) in [5, 5.41) is 6.28. The maximum atomic E-state index is 11.8. The molecule has 1 aromatic heterocycles. The summed E-state index contributed by atoms with van der Waals surface area (Å²) in [5.41, 5.74) is 1.14. The van der Waals surface area contributed by atoms with Gasteiger partial charge in [-0.15, -0.1) is 0 Å². The van der Waals surface area contributed by atoms with Crippen LogP contribution in [0.5, 0.6) is 0 Å². The van der Waals surface area contributed by atoms with Gasteiger partial charge >= 0.3 is 0 Å². The Morgan fingerprint density at radius 2 is 2.37 bits per heavy atom. The van der Waals surface area contributed by atoms with Crippen LogP contribution in [0.4, 0.5) is 5.82 Å². The van der Waals surface area contributed by atoms with Crippen LogP contribution in [0.2, 0.25) is 0 Å². The van der Waals surface area contributed by atoms with Crippen LogP contribution in [0.25, 0.3) is 0 Å². The van der Waals surface area contributed by atoms with Gasteiger partial charge < -0.3 is 15.5 Å². The maximum Gasteiger partial charge on any atom is 0.242 e. The molecule has 5 nitrogen and oxygen atoms in total. The summed E-state index contributed by atoms with van der Waals surface area (Å²) in [6, 6.07) is 4.27. The minimum Gasteiger partial charge on any atom is -0.353 e. The molecule has 1 saturated heterocycles. The number of hydrogen-bond donors (Lipinski definition) is 2. The van der Waals surface area contributed by atoms with Gasteiger partial charge in [0.1, 0.15) is 11.9 Å². The van der Waals surface area contributed by atoms with Crippen molar-refractivity contribution in [2.24, 2.45) is 0 Å². The number of nitrogens with one attached hydrogen (secondary N) is 2. The standard InChI is InChI=1S/C14H22N4O/c1-10(2)17-9-12-5-4-6-15-13(12)18-8-7-16-14(19)11(18)3/h4-6,10-11,17H,7-9H2,1-3H3,(H,16,19). The third-order valence-electron chi connectivity index (χ3n) is 3.34. The minimum absolute atomic E-state index is 0.0691. The molecular weight excluding hydrogens is 240 g/mol. The molecule has 0 bridgehead atoms. The van der Waals surface area contributed by atoms with Gasteiger partial charge in [-0.2, -0.15) is 0 Å². The van der Waals surface area contributed by atoms with E-state index in [9.17, 15) is 4.79 Å². The number of carbonyl (C=O) groups excluding carboxylic acids is 1. The summed E-state index contributed by atoms with van der Waals surface area (Å²) in [4.78, 5) is 18.3. The van der Waals surface area contributed by atoms with E-state index in [-0.39, 0.29) is 11.9 Å². The number of amides is 1. The van der Waals surface area contributed by atoms with Crippen molar-refractivity contribution in [2.75, 3.05) is 18.0 Å². The highest BCUT2D eigenvalue weighted by atomic mass is 16.2. The molecule has 0 spiro atoms. The van der Waals surface area contributed by atoms with Gasteiger partial charge in [0.25, 0.3) is 0 Å². The highest BCUT2D eigenvalue weighted by molar-refractivity contribution is 5.86. The van der Waals surface area contributed by atoms with Crippen molar-refractivity contribution in [1.82, 2.24) is 15.6 Å². The summed E-state index contributed by atoms with van der Waals surface area (Å²) in [6.45, 7) is 8.41. The highest BCUT2D eigenvalue weighted by Gasteiger charge is 2.27. The zero-order chi connectivity index (χ0) is 13.8. The Morgan fingerprint density at radius 1 is 1.58 bits per heavy atom. The van der Waals surface area contributed by atoms with Crippen LogP contribution in [-0.4, -0.2) is 36.1 Å². The summed E-state index contributed by atoms with van der Waals surface area (Å²) in [5.74, 6) is 0.984. The topological polar surface area (TPSA) is 57.3 Å². The van der Waals surface area contributed by atoms with Crippen LogP contribution >= 0.6 is 0 Å². The molecule has 0 radical (unpaired) electrons. The van der Waals surface area contributed by atoms with Gasteiger partial charge in [0.15, 0.2) is 0 Å². The Balaban J connectivity index is 2.20. The number of piperazine rings is 1. The fraction of sp³-hybridized carbons (Fsp3) is 0.571. The fourth-order valence-electron chi connectivity index (χ4n) is 2.21. The lowest BCUT2D eigenvalue weighted by molar-refractivity contribution is -0.122. The van der Waals surface area contributed by atoms with Crippen LogP contribution in [-0.2, 0) is 11.3 Å². The van der Waals surface area contributed by atoms with Crippen molar-refractivity contribution in [3.05, 3.63) is 23.9 Å². The van der Waals surface area contributed by atoms with Crippen molar-refractivity contribution >= 4 is 11.7 Å². The quantitative estimate of drug-likeness (QED) is 0.846. The molecule has 1 aliphatic rings. The van der Waals surface area contributed by atoms with E-state index >= 15 is 0 Å². The SMILES string of the molecule is CC(C)NCc1cccnc1N1CCNC(=O)C1C. The molecule has 1 unspecified atom stereocenters. The van der Waals surface area contributed by atoms with Crippen molar-refractivity contribution in [2.45, 2.75) is 39.4 Å². The second-order valence-electron chi connectivity index (χ2n) is 5.18. The monoisotopic (exact) mass is 262 g/mol. The number of anilines is 1. The van der Waals surface area contributed by atoms with Gasteiger partial charge in [-0.25, -0.2) is 4.98 Å². The number of pyridine rings is 1. The third kappa shape index (κ3) is 3.23. The molecule has 5 heteroatoms. The third-order valence-corrected chi connectivity index (χ3v) is 3.34. The fourth-order valence-corrected chi connectivity index (χ4v) is 2.21. The van der Waals surface area contributed by atoms with Crippen molar-refractivity contribution in [3.63, 3.8) is 0 Å². The lowest BCUT2D eigenvalue weighted by Gasteiger charge is -2.35. The summed E-state index contributed by atoms with van der Waals surface area (Å²) < 4.78 is 0. The summed E-state index contributed by atoms with van der Waals surface area (Å²) in [6.07, 6.45) is 1.79. The van der Waals surface area contributed by atoms with Crippen molar-refractivity contribution < 1.29 is 4.79 Å². The number of carbonyl (C=O) groups is 1. The molecule has 0 saturated carbocycles. The highest BCUT2D eigenvalue weighted by Crippen LogP contribution is 2.20. The molecule has 1 aromatic rings. The van der Waals surface area contributed by atoms with Gasteiger partial charge in [-0.1, -0.05) is 19.9 Å². The van der Waals surface area contributed by atoms with E-state index in [1.165, 1.54) is 0 Å². The largest absolute Gasteiger partial charge is 0.353 e. The molecule has 1 aliphatic heterocycles. The molecule has 0 aromatic carbocycles. The van der Waals surface area contributed by atoms with E-state index < -0.39 is 0 Å². The van der Waals surface area contributed by atoms with Crippen LogP contribution in [0.15, 0.2) is 18.3 Å². The van der Waals surface area contributed by atoms with E-state index in [0.717, 1.165) is 24.5 Å². The smallest absolute Gasteiger partial charge is 0.242 e. The van der Waals surface area contributed by atoms with Crippen LogP contribution in [0, 0.1) is 0 Å². The predicted octanol–water partition coefficient (Wildman–Crippen LogP) is 0.904. The lowest BCUT2D eigenvalue weighted by atomic mass is 10.1. The van der Waals surface area contributed by atoms with Crippen LogP contribution in [0.1, 0.15) is 26.3 Å². The van der Waals surface area contributed by atoms with Crippen LogP contribution < -0.4 is 15.5 Å². The normalized spacial score (nSPS) is 19.7. The Morgan fingerprint density at radius 3 is 3.11 bits per heavy atom. The Labute approximate surface area is 114 Å². The lowest BCUT2D eigenvalue weighted by Crippen LogP contribution is -2.54. The molecule has 1 amide bonds. The Kier molecular flexibility index (Phi) is 4.37. The van der Waals surface area contributed by atoms with Crippen LogP contribution in [0.3, 0.4) is 0 Å². The first-order chi connectivity index (χ1) is 9.09. The molecule has 0 aliphatic carbocycles. The number of aromatic nitrogens is 1. The van der Waals surface area contributed by atoms with E-state index in [1.54, 1.807) is 6.20 Å². The second-order valence-corrected chi connectivity index (χ2v) is 5.18. The van der Waals surface area contributed by atoms with Gasteiger partial charge in [0, 0.05) is 37.4 Å². The molecule has 2 N–H and O–H groups in total. The van der Waals surface area contributed by atoms with E-state index in [1.807, 2.05) is 13.0 Å². The van der Waals surface area contributed by atoms with Gasteiger partial charge in [-0.05, 0) is 13.0 Å². The number of nitrogens with zero attached hydrogens (tertiary/aromatic N) is 2. The second kappa shape index (κ2) is 6.02. The average Bonchev–Trinajstić information content (AvgIpc) is 2.40. The number of hydrogen-bond acceptors (Lipinski definition) is 4. The van der Waals surface area contributed by atoms with Crippen molar-refractivity contribution in [3.8, 4) is 0 Å². The summed E-state index contributed by atoms with van der Waals surface area (Å²) in [7, 11) is 0.